The van der Waals surface area contributed by atoms with Gasteiger partial charge in [-0.3, -0.25) is 4.79 Å². The summed E-state index contributed by atoms with van der Waals surface area (Å²) in [4.78, 5) is 30.6. The van der Waals surface area contributed by atoms with Crippen molar-refractivity contribution in [3.63, 3.8) is 0 Å². The summed E-state index contributed by atoms with van der Waals surface area (Å²) in [6.07, 6.45) is 0.739. The third kappa shape index (κ3) is 4.21. The molecular formula is C28H24BrNO9. The molecule has 6 rings (SSSR count). The first kappa shape index (κ1) is 25.3. The summed E-state index contributed by atoms with van der Waals surface area (Å²) in [7, 11) is 4.60. The molecule has 11 heteroatoms. The summed E-state index contributed by atoms with van der Waals surface area (Å²) in [5, 5.41) is 0. The zero-order valence-electron chi connectivity index (χ0n) is 21.3. The molecule has 0 spiro atoms. The Labute approximate surface area is 232 Å². The van der Waals surface area contributed by atoms with Crippen LogP contribution in [-0.4, -0.2) is 51.7 Å². The Morgan fingerprint density at radius 3 is 2.28 bits per heavy atom. The predicted molar refractivity (Wildman–Crippen MR) is 139 cm³/mol. The van der Waals surface area contributed by atoms with Crippen molar-refractivity contribution in [2.45, 2.75) is 12.0 Å². The molecule has 3 aliphatic rings. The number of hydrogen-bond donors (Lipinski definition) is 0. The van der Waals surface area contributed by atoms with Crippen LogP contribution in [0, 0.1) is 11.8 Å². The van der Waals surface area contributed by atoms with E-state index in [1.807, 2.05) is 24.3 Å². The van der Waals surface area contributed by atoms with E-state index >= 15 is 0 Å². The lowest BCUT2D eigenvalue weighted by molar-refractivity contribution is -0.141. The Morgan fingerprint density at radius 2 is 1.64 bits per heavy atom. The van der Waals surface area contributed by atoms with Gasteiger partial charge in [0.1, 0.15) is 10.7 Å². The summed E-state index contributed by atoms with van der Waals surface area (Å²) in [5.74, 6) is -0.0904. The molecule has 0 saturated carbocycles. The quantitative estimate of drug-likeness (QED) is 0.299. The first-order valence-electron chi connectivity index (χ1n) is 12.2. The fourth-order valence-corrected chi connectivity index (χ4v) is 6.02. The SMILES string of the molecule is COc1cc([C@@H]2c3cc4c(cc3[C@H](OC(=O)c3ccnc(Br)c3)[C@H]3COC(=O)[C@H]23)OCO4)cc(OC)c1OC. The van der Waals surface area contributed by atoms with Crippen molar-refractivity contribution >= 4 is 27.9 Å². The lowest BCUT2D eigenvalue weighted by atomic mass is 9.66. The van der Waals surface area contributed by atoms with Gasteiger partial charge in [0, 0.05) is 23.6 Å². The van der Waals surface area contributed by atoms with E-state index in [1.165, 1.54) is 27.5 Å². The molecule has 0 bridgehead atoms. The predicted octanol–water partition coefficient (Wildman–Crippen LogP) is 4.43. The van der Waals surface area contributed by atoms with Gasteiger partial charge >= 0.3 is 11.9 Å². The third-order valence-electron chi connectivity index (χ3n) is 7.36. The molecular weight excluding hydrogens is 574 g/mol. The Hall–Kier alpha value is -3.99. The van der Waals surface area contributed by atoms with Gasteiger partial charge in [0.25, 0.3) is 0 Å². The van der Waals surface area contributed by atoms with Crippen LogP contribution in [-0.2, 0) is 14.3 Å². The number of pyridine rings is 1. The fourth-order valence-electron chi connectivity index (χ4n) is 5.66. The minimum absolute atomic E-state index is 0.0669. The Kier molecular flexibility index (Phi) is 6.46. The highest BCUT2D eigenvalue weighted by Gasteiger charge is 2.54. The number of cyclic esters (lactones) is 1. The molecule has 3 aromatic rings. The lowest BCUT2D eigenvalue weighted by Crippen LogP contribution is -2.36. The van der Waals surface area contributed by atoms with E-state index in [0.717, 1.165) is 11.1 Å². The van der Waals surface area contributed by atoms with Gasteiger partial charge in [-0.25, -0.2) is 9.78 Å². The van der Waals surface area contributed by atoms with E-state index < -0.39 is 29.8 Å². The summed E-state index contributed by atoms with van der Waals surface area (Å²) >= 11 is 3.29. The number of nitrogens with zero attached hydrogens (tertiary/aromatic N) is 1. The zero-order valence-corrected chi connectivity index (χ0v) is 22.9. The van der Waals surface area contributed by atoms with E-state index in [2.05, 4.69) is 20.9 Å². The molecule has 1 fully saturated rings. The number of aromatic nitrogens is 1. The second-order valence-corrected chi connectivity index (χ2v) is 10.1. The van der Waals surface area contributed by atoms with Crippen LogP contribution >= 0.6 is 15.9 Å². The smallest absolute Gasteiger partial charge is 0.338 e. The molecule has 0 radical (unpaired) electrons. The Bertz CT molecular complexity index is 1450. The molecule has 0 amide bonds. The highest BCUT2D eigenvalue weighted by Crippen LogP contribution is 2.56. The van der Waals surface area contributed by atoms with Gasteiger partial charge in [0.05, 0.1) is 39.4 Å². The van der Waals surface area contributed by atoms with Gasteiger partial charge in [-0.2, -0.15) is 0 Å². The second kappa shape index (κ2) is 9.96. The number of methoxy groups -OCH3 is 3. The minimum atomic E-state index is -0.774. The first-order chi connectivity index (χ1) is 18.9. The zero-order chi connectivity index (χ0) is 27.3. The summed E-state index contributed by atoms with van der Waals surface area (Å²) in [6, 6.07) is 10.5. The van der Waals surface area contributed by atoms with Crippen LogP contribution < -0.4 is 23.7 Å². The number of rotatable bonds is 6. The summed E-state index contributed by atoms with van der Waals surface area (Å²) in [5.41, 5.74) is 2.54. The number of benzene rings is 2. The second-order valence-electron chi connectivity index (χ2n) is 9.28. The van der Waals surface area contributed by atoms with Gasteiger partial charge in [-0.15, -0.1) is 0 Å². The van der Waals surface area contributed by atoms with Gasteiger partial charge in [0.2, 0.25) is 12.5 Å². The topological polar surface area (TPSA) is 112 Å². The molecule has 3 heterocycles. The average molecular weight is 598 g/mol. The van der Waals surface area contributed by atoms with Crippen LogP contribution in [0.15, 0.2) is 47.2 Å². The number of fused-ring (bicyclic) bond motifs is 3. The summed E-state index contributed by atoms with van der Waals surface area (Å²) < 4.78 is 40.2. The maximum atomic E-state index is 13.3. The highest BCUT2D eigenvalue weighted by molar-refractivity contribution is 9.10. The van der Waals surface area contributed by atoms with Crippen LogP contribution in [0.5, 0.6) is 28.7 Å². The molecule has 202 valence electrons. The fraction of sp³-hybridized carbons (Fsp3) is 0.321. The van der Waals surface area contributed by atoms with Crippen molar-refractivity contribution in [3.8, 4) is 28.7 Å². The number of halogens is 1. The largest absolute Gasteiger partial charge is 0.493 e. The molecule has 0 N–H and O–H groups in total. The first-order valence-corrected chi connectivity index (χ1v) is 12.9. The number of hydrogen-bond acceptors (Lipinski definition) is 10. The molecule has 2 aliphatic heterocycles. The van der Waals surface area contributed by atoms with Crippen molar-refractivity contribution in [2.24, 2.45) is 11.8 Å². The van der Waals surface area contributed by atoms with E-state index in [9.17, 15) is 9.59 Å². The number of esters is 2. The van der Waals surface area contributed by atoms with Crippen molar-refractivity contribution in [1.82, 2.24) is 4.98 Å². The van der Waals surface area contributed by atoms with Crippen LogP contribution in [0.25, 0.3) is 0 Å². The summed E-state index contributed by atoms with van der Waals surface area (Å²) in [6.45, 7) is 0.160. The molecule has 2 aromatic carbocycles. The molecule has 0 unspecified atom stereocenters. The lowest BCUT2D eigenvalue weighted by Gasteiger charge is -2.38. The van der Waals surface area contributed by atoms with E-state index in [1.54, 1.807) is 12.1 Å². The van der Waals surface area contributed by atoms with Crippen molar-refractivity contribution in [2.75, 3.05) is 34.7 Å². The van der Waals surface area contributed by atoms with Crippen molar-refractivity contribution < 1.29 is 42.7 Å². The van der Waals surface area contributed by atoms with Crippen molar-refractivity contribution in [3.05, 3.63) is 69.5 Å². The average Bonchev–Trinajstić information content (AvgIpc) is 3.57. The van der Waals surface area contributed by atoms with Crippen LogP contribution in [0.1, 0.15) is 39.1 Å². The third-order valence-corrected chi connectivity index (χ3v) is 7.80. The van der Waals surface area contributed by atoms with E-state index in [-0.39, 0.29) is 19.4 Å². The van der Waals surface area contributed by atoms with E-state index in [4.69, 9.17) is 33.2 Å². The van der Waals surface area contributed by atoms with Crippen LogP contribution in [0.3, 0.4) is 0 Å². The molecule has 4 atom stereocenters. The maximum absolute atomic E-state index is 13.3. The van der Waals surface area contributed by atoms with Gasteiger partial charge < -0.3 is 33.2 Å². The maximum Gasteiger partial charge on any atom is 0.338 e. The molecule has 1 aromatic heterocycles. The number of carbonyl (C=O) groups is 2. The standard InChI is InChI=1S/C28H24BrNO9/c1-33-20-6-14(7-21(34-2)26(20)35-3)23-15-9-18-19(38-12-37-18)10-16(15)25(17-11-36-28(32)24(17)23)39-27(31)13-4-5-30-22(29)8-13/h4-10,17,23-25H,11-12H2,1-3H3/t17-,23+,24-,25-/m0/s1. The van der Waals surface area contributed by atoms with Gasteiger partial charge in [0.15, 0.2) is 23.0 Å². The minimum Gasteiger partial charge on any atom is -0.493 e. The molecule has 1 saturated heterocycles. The number of ether oxygens (including phenoxy) is 7. The highest BCUT2D eigenvalue weighted by atomic mass is 79.9. The Balaban J connectivity index is 1.52. The van der Waals surface area contributed by atoms with E-state index in [0.29, 0.717) is 44.5 Å². The number of carbonyl (C=O) groups excluding carboxylic acids is 2. The van der Waals surface area contributed by atoms with Crippen LogP contribution in [0.4, 0.5) is 0 Å². The van der Waals surface area contributed by atoms with Gasteiger partial charge in [-0.05, 0) is 63.5 Å². The monoisotopic (exact) mass is 597 g/mol. The van der Waals surface area contributed by atoms with Gasteiger partial charge in [-0.1, -0.05) is 0 Å². The molecule has 1 aliphatic carbocycles. The molecule has 10 nitrogen and oxygen atoms in total. The van der Waals surface area contributed by atoms with Crippen molar-refractivity contribution in [1.29, 1.82) is 0 Å². The van der Waals surface area contributed by atoms with Crippen LogP contribution in [0.2, 0.25) is 0 Å². The normalized spacial score (nSPS) is 22.4. The Morgan fingerprint density at radius 1 is 0.949 bits per heavy atom. The molecule has 39 heavy (non-hydrogen) atoms.